The Hall–Kier alpha value is -2.14. The molecule has 0 radical (unpaired) electrons. The summed E-state index contributed by atoms with van der Waals surface area (Å²) < 4.78 is 5.63. The van der Waals surface area contributed by atoms with Crippen LogP contribution in [0.1, 0.15) is 30.6 Å². The minimum atomic E-state index is -0.964. The molecule has 1 aliphatic rings. The van der Waals surface area contributed by atoms with Crippen LogP contribution in [0.25, 0.3) is 10.8 Å². The number of benzene rings is 1. The molecule has 5 nitrogen and oxygen atoms in total. The lowest BCUT2D eigenvalue weighted by molar-refractivity contribution is 0.0698. The van der Waals surface area contributed by atoms with Gasteiger partial charge in [-0.3, -0.25) is 0 Å². The summed E-state index contributed by atoms with van der Waals surface area (Å²) in [5.74, 6) is -0.260. The van der Waals surface area contributed by atoms with Crippen molar-refractivity contribution in [3.8, 4) is 0 Å². The van der Waals surface area contributed by atoms with Crippen molar-refractivity contribution in [3.05, 3.63) is 36.0 Å². The van der Waals surface area contributed by atoms with Gasteiger partial charge in [-0.05, 0) is 20.3 Å². The van der Waals surface area contributed by atoms with Crippen molar-refractivity contribution in [3.63, 3.8) is 0 Å². The summed E-state index contributed by atoms with van der Waals surface area (Å²) in [5, 5.41) is 14.2. The predicted octanol–water partition coefficient (Wildman–Crippen LogP) is 2.91. The Morgan fingerprint density at radius 2 is 2.14 bits per heavy atom. The number of ether oxygens (including phenoxy) is 1. The fourth-order valence-corrected chi connectivity index (χ4v) is 2.73. The third kappa shape index (κ3) is 2.34. The molecule has 2 heterocycles. The second-order valence-electron chi connectivity index (χ2n) is 5.68. The first-order valence-electron chi connectivity index (χ1n) is 7.02. The number of nitrogens with zero attached hydrogens (tertiary/aromatic N) is 1. The summed E-state index contributed by atoms with van der Waals surface area (Å²) in [7, 11) is 0. The summed E-state index contributed by atoms with van der Waals surface area (Å²) in [6.07, 6.45) is 2.39. The van der Waals surface area contributed by atoms with Crippen LogP contribution in [-0.2, 0) is 4.74 Å². The summed E-state index contributed by atoms with van der Waals surface area (Å²) >= 11 is 0. The first-order valence-corrected chi connectivity index (χ1v) is 7.02. The minimum absolute atomic E-state index is 0.0808. The molecule has 21 heavy (non-hydrogen) atoms. The number of aromatic nitrogens is 1. The average molecular weight is 286 g/mol. The SMILES string of the molecule is CC1OCCC1(C)Nc1ncc(C(=O)O)c2ccccc12. The molecule has 1 aliphatic heterocycles. The van der Waals surface area contributed by atoms with E-state index in [4.69, 9.17) is 4.74 Å². The lowest BCUT2D eigenvalue weighted by atomic mass is 9.94. The third-order valence-electron chi connectivity index (χ3n) is 4.32. The molecule has 2 aromatic rings. The van der Waals surface area contributed by atoms with Gasteiger partial charge in [0, 0.05) is 23.6 Å². The van der Waals surface area contributed by atoms with Crippen molar-refractivity contribution in [1.29, 1.82) is 0 Å². The van der Waals surface area contributed by atoms with Crippen LogP contribution in [0, 0.1) is 0 Å². The summed E-state index contributed by atoms with van der Waals surface area (Å²) in [4.78, 5) is 15.6. The van der Waals surface area contributed by atoms with E-state index in [9.17, 15) is 9.90 Å². The molecule has 0 aliphatic carbocycles. The number of hydrogen-bond acceptors (Lipinski definition) is 4. The number of fused-ring (bicyclic) bond motifs is 1. The maximum atomic E-state index is 11.3. The topological polar surface area (TPSA) is 71.5 Å². The molecular formula is C16H18N2O3. The van der Waals surface area contributed by atoms with Crippen LogP contribution < -0.4 is 5.32 Å². The largest absolute Gasteiger partial charge is 0.478 e. The predicted molar refractivity (Wildman–Crippen MR) is 80.8 cm³/mol. The highest BCUT2D eigenvalue weighted by Crippen LogP contribution is 2.32. The molecule has 3 rings (SSSR count). The van der Waals surface area contributed by atoms with E-state index >= 15 is 0 Å². The second kappa shape index (κ2) is 5.00. The van der Waals surface area contributed by atoms with Crippen molar-refractivity contribution in [2.24, 2.45) is 0 Å². The monoisotopic (exact) mass is 286 g/mol. The number of carboxylic acid groups (broad SMARTS) is 1. The van der Waals surface area contributed by atoms with Gasteiger partial charge >= 0.3 is 5.97 Å². The third-order valence-corrected chi connectivity index (χ3v) is 4.32. The molecule has 1 aromatic carbocycles. The van der Waals surface area contributed by atoms with Crippen LogP contribution in [-0.4, -0.2) is 34.3 Å². The molecule has 1 saturated heterocycles. The highest BCUT2D eigenvalue weighted by Gasteiger charge is 2.37. The smallest absolute Gasteiger partial charge is 0.337 e. The van der Waals surface area contributed by atoms with Gasteiger partial charge in [0.2, 0.25) is 0 Å². The molecule has 110 valence electrons. The van der Waals surface area contributed by atoms with Crippen LogP contribution in [0.4, 0.5) is 5.82 Å². The van der Waals surface area contributed by atoms with Crippen molar-refractivity contribution in [2.75, 3.05) is 11.9 Å². The molecule has 0 saturated carbocycles. The molecule has 5 heteroatoms. The Balaban J connectivity index is 2.08. The number of hydrogen-bond donors (Lipinski definition) is 2. The Morgan fingerprint density at radius 3 is 2.76 bits per heavy atom. The molecular weight excluding hydrogens is 268 g/mol. The van der Waals surface area contributed by atoms with E-state index < -0.39 is 5.97 Å². The molecule has 2 atom stereocenters. The normalized spacial score (nSPS) is 25.1. The van der Waals surface area contributed by atoms with E-state index in [1.165, 1.54) is 6.20 Å². The Labute approximate surface area is 123 Å². The van der Waals surface area contributed by atoms with E-state index in [0.717, 1.165) is 18.4 Å². The lowest BCUT2D eigenvalue weighted by Crippen LogP contribution is -2.41. The highest BCUT2D eigenvalue weighted by molar-refractivity contribution is 6.06. The number of carbonyl (C=O) groups is 1. The number of rotatable bonds is 3. The number of nitrogens with one attached hydrogen (secondary N) is 1. The van der Waals surface area contributed by atoms with E-state index in [2.05, 4.69) is 17.2 Å². The zero-order valence-electron chi connectivity index (χ0n) is 12.1. The van der Waals surface area contributed by atoms with E-state index in [1.807, 2.05) is 31.2 Å². The minimum Gasteiger partial charge on any atom is -0.478 e. The van der Waals surface area contributed by atoms with Gasteiger partial charge in [-0.2, -0.15) is 0 Å². The van der Waals surface area contributed by atoms with Gasteiger partial charge in [0.05, 0.1) is 17.2 Å². The van der Waals surface area contributed by atoms with Crippen molar-refractivity contribution in [2.45, 2.75) is 31.9 Å². The van der Waals surface area contributed by atoms with Gasteiger partial charge in [-0.15, -0.1) is 0 Å². The highest BCUT2D eigenvalue weighted by atomic mass is 16.5. The fraction of sp³-hybridized carbons (Fsp3) is 0.375. The van der Waals surface area contributed by atoms with Crippen LogP contribution in [0.3, 0.4) is 0 Å². The molecule has 0 spiro atoms. The van der Waals surface area contributed by atoms with Crippen LogP contribution in [0.15, 0.2) is 30.5 Å². The Kier molecular flexibility index (Phi) is 3.29. The zero-order valence-corrected chi connectivity index (χ0v) is 12.1. The molecule has 0 bridgehead atoms. The Bertz CT molecular complexity index is 701. The van der Waals surface area contributed by atoms with Crippen molar-refractivity contribution in [1.82, 2.24) is 4.98 Å². The summed E-state index contributed by atoms with van der Waals surface area (Å²) in [6, 6.07) is 7.42. The zero-order chi connectivity index (χ0) is 15.0. The van der Waals surface area contributed by atoms with Gasteiger partial charge in [0.15, 0.2) is 0 Å². The van der Waals surface area contributed by atoms with E-state index in [-0.39, 0.29) is 17.2 Å². The average Bonchev–Trinajstić information content (AvgIpc) is 2.78. The standard InChI is InChI=1S/C16H18N2O3/c1-10-16(2,7-8-21-10)18-14-12-6-4-3-5-11(12)13(9-17-14)15(19)20/h3-6,9-10H,7-8H2,1-2H3,(H,17,18)(H,19,20). The number of carboxylic acids is 1. The van der Waals surface area contributed by atoms with Gasteiger partial charge in [0.1, 0.15) is 5.82 Å². The van der Waals surface area contributed by atoms with Gasteiger partial charge in [-0.25, -0.2) is 9.78 Å². The maximum Gasteiger partial charge on any atom is 0.337 e. The molecule has 1 fully saturated rings. The first-order chi connectivity index (χ1) is 10.0. The summed E-state index contributed by atoms with van der Waals surface area (Å²) in [6.45, 7) is 4.86. The van der Waals surface area contributed by atoms with Crippen molar-refractivity contribution >= 4 is 22.6 Å². The second-order valence-corrected chi connectivity index (χ2v) is 5.68. The van der Waals surface area contributed by atoms with E-state index in [0.29, 0.717) is 11.2 Å². The molecule has 2 unspecified atom stereocenters. The van der Waals surface area contributed by atoms with Crippen LogP contribution >= 0.6 is 0 Å². The fourth-order valence-electron chi connectivity index (χ4n) is 2.73. The number of pyridine rings is 1. The quantitative estimate of drug-likeness (QED) is 0.907. The van der Waals surface area contributed by atoms with Crippen LogP contribution in [0.2, 0.25) is 0 Å². The Morgan fingerprint density at radius 1 is 1.43 bits per heavy atom. The van der Waals surface area contributed by atoms with Gasteiger partial charge in [0.25, 0.3) is 0 Å². The summed E-state index contributed by atoms with van der Waals surface area (Å²) in [5.41, 5.74) is 0.0255. The van der Waals surface area contributed by atoms with Crippen molar-refractivity contribution < 1.29 is 14.6 Å². The number of aromatic carboxylic acids is 1. The number of anilines is 1. The molecule has 2 N–H and O–H groups in total. The van der Waals surface area contributed by atoms with Gasteiger partial charge in [-0.1, -0.05) is 24.3 Å². The lowest BCUT2D eigenvalue weighted by Gasteiger charge is -2.30. The molecule has 1 aromatic heterocycles. The van der Waals surface area contributed by atoms with Crippen LogP contribution in [0.5, 0.6) is 0 Å². The molecule has 0 amide bonds. The van der Waals surface area contributed by atoms with Gasteiger partial charge < -0.3 is 15.2 Å². The first kappa shape index (κ1) is 13.8. The maximum absolute atomic E-state index is 11.3. The van der Waals surface area contributed by atoms with E-state index in [1.54, 1.807) is 0 Å².